The van der Waals surface area contributed by atoms with Gasteiger partial charge in [-0.15, -0.1) is 0 Å². The summed E-state index contributed by atoms with van der Waals surface area (Å²) < 4.78 is 17.7. The Morgan fingerprint density at radius 2 is 1.05 bits per heavy atom. The van der Waals surface area contributed by atoms with E-state index in [1.807, 2.05) is 129 Å². The van der Waals surface area contributed by atoms with Crippen LogP contribution in [-0.2, 0) is 4.74 Å². The number of aromatic amines is 2. The minimum atomic E-state index is -0.492. The third-order valence-corrected chi connectivity index (χ3v) is 9.99. The number of methoxy groups -OCH3 is 2. The highest BCUT2D eigenvalue weighted by Gasteiger charge is 2.41. The second kappa shape index (κ2) is 13.9. The van der Waals surface area contributed by atoms with Crippen LogP contribution < -0.4 is 9.47 Å². The summed E-state index contributed by atoms with van der Waals surface area (Å²) in [6.07, 6.45) is 7.37. The maximum absolute atomic E-state index is 15.2. The summed E-state index contributed by atoms with van der Waals surface area (Å²) in [6.45, 7) is 3.64. The number of hydrogen-bond donors (Lipinski definition) is 2. The fraction of sp³-hybridized carbons (Fsp3) is 0.106. The quantitative estimate of drug-likeness (QED) is 0.167. The molecule has 0 saturated heterocycles. The van der Waals surface area contributed by atoms with Gasteiger partial charge in [-0.2, -0.15) is 0 Å². The van der Waals surface area contributed by atoms with E-state index in [1.54, 1.807) is 12.1 Å². The lowest BCUT2D eigenvalue weighted by Crippen LogP contribution is -2.26. The van der Waals surface area contributed by atoms with Gasteiger partial charge in [-0.1, -0.05) is 60.7 Å². The van der Waals surface area contributed by atoms with Crippen LogP contribution in [0, 0.1) is 0 Å². The first-order valence-electron chi connectivity index (χ1n) is 18.3. The molecule has 9 nitrogen and oxygen atoms in total. The second-order valence-corrected chi connectivity index (χ2v) is 13.8. The summed E-state index contributed by atoms with van der Waals surface area (Å²) in [5.74, 6) is -0.554. The van der Waals surface area contributed by atoms with Crippen molar-refractivity contribution in [3.63, 3.8) is 0 Å². The van der Waals surface area contributed by atoms with Crippen LogP contribution in [0.25, 0.3) is 74.2 Å². The average molecular weight is 737 g/mol. The molecule has 2 aliphatic heterocycles. The van der Waals surface area contributed by atoms with Gasteiger partial charge in [0, 0.05) is 38.8 Å². The molecule has 3 aromatic carbocycles. The molecular weight excluding hydrogens is 701 g/mol. The second-order valence-electron chi connectivity index (χ2n) is 13.8. The summed E-state index contributed by atoms with van der Waals surface area (Å²) >= 11 is 0. The summed E-state index contributed by atoms with van der Waals surface area (Å²) in [5.41, 5.74) is 9.99. The zero-order chi connectivity index (χ0) is 38.5. The number of nitrogens with zero attached hydrogens (tertiary/aromatic N) is 2. The highest BCUT2D eigenvalue weighted by atomic mass is 16.5. The average Bonchev–Trinajstić information content (AvgIpc) is 4.06. The zero-order valence-corrected chi connectivity index (χ0v) is 31.1. The van der Waals surface area contributed by atoms with E-state index in [2.05, 4.69) is 9.97 Å². The fourth-order valence-corrected chi connectivity index (χ4v) is 7.61. The van der Waals surface area contributed by atoms with Gasteiger partial charge < -0.3 is 24.2 Å². The number of allylic oxidation sites excluding steroid dienone is 2. The van der Waals surface area contributed by atoms with Crippen LogP contribution in [0.2, 0.25) is 0 Å². The Bertz CT molecular complexity index is 2820. The van der Waals surface area contributed by atoms with Crippen LogP contribution in [0.3, 0.4) is 0 Å². The van der Waals surface area contributed by atoms with Crippen molar-refractivity contribution in [2.45, 2.75) is 20.0 Å². The van der Waals surface area contributed by atoms with Crippen LogP contribution in [0.1, 0.15) is 62.9 Å². The van der Waals surface area contributed by atoms with Gasteiger partial charge >= 0.3 is 0 Å². The monoisotopic (exact) mass is 736 g/mol. The Labute approximate surface area is 322 Å². The largest absolute Gasteiger partial charge is 0.496 e. The number of H-pyrrole nitrogens is 2. The first-order valence-corrected chi connectivity index (χ1v) is 18.3. The third-order valence-electron chi connectivity index (χ3n) is 9.99. The number of carbonyl (C=O) groups excluding carboxylic acids is 2. The highest BCUT2D eigenvalue weighted by molar-refractivity contribution is 6.42. The number of hydrogen-bond acceptors (Lipinski definition) is 7. The van der Waals surface area contributed by atoms with E-state index >= 15 is 4.79 Å². The zero-order valence-electron chi connectivity index (χ0n) is 31.1. The highest BCUT2D eigenvalue weighted by Crippen LogP contribution is 2.44. The number of nitrogens with one attached hydrogen (secondary N) is 2. The first kappa shape index (κ1) is 34.5. The molecular formula is C47H36N4O5. The number of ether oxygens (including phenoxy) is 3. The summed E-state index contributed by atoms with van der Waals surface area (Å²) in [4.78, 5) is 47.5. The summed E-state index contributed by atoms with van der Waals surface area (Å²) in [7, 11) is 2.94. The third kappa shape index (κ3) is 5.81. The van der Waals surface area contributed by atoms with Gasteiger partial charge in [0.05, 0.1) is 59.8 Å². The van der Waals surface area contributed by atoms with Crippen LogP contribution in [0.4, 0.5) is 0 Å². The molecule has 1 aliphatic carbocycles. The molecule has 5 heterocycles. The van der Waals surface area contributed by atoms with Gasteiger partial charge in [-0.25, -0.2) is 9.97 Å². The van der Waals surface area contributed by atoms with E-state index in [1.165, 1.54) is 14.2 Å². The smallest absolute Gasteiger partial charge is 0.232 e. The van der Waals surface area contributed by atoms with E-state index in [4.69, 9.17) is 24.2 Å². The fourth-order valence-electron chi connectivity index (χ4n) is 7.61. The predicted molar refractivity (Wildman–Crippen MR) is 221 cm³/mol. The standard InChI is InChI=1S/C47H36N4O5/c1-26(2)56-47-44(45(52)42-37(54-3)23-24-38(55-4)43(42)46(47)53)41-35-21-19-33(50-35)39(27-11-7-5-8-12-27)31-17-15-29(48-31)25-30-16-18-32(49-30)40(28-13-9-6-10-14-28)34-20-22-36(41)51-34/h5-26,48,51H,1-4H3. The van der Waals surface area contributed by atoms with Crippen molar-refractivity contribution in [2.24, 2.45) is 0 Å². The van der Waals surface area contributed by atoms with Crippen molar-refractivity contribution >= 4 is 63.5 Å². The Morgan fingerprint density at radius 3 is 1.66 bits per heavy atom. The van der Waals surface area contributed by atoms with Gasteiger partial charge in [0.2, 0.25) is 11.6 Å². The van der Waals surface area contributed by atoms with E-state index < -0.39 is 17.7 Å². The summed E-state index contributed by atoms with van der Waals surface area (Å²) in [6, 6.07) is 33.3. The number of carbonyl (C=O) groups is 2. The van der Waals surface area contributed by atoms with Crippen LogP contribution >= 0.6 is 0 Å². The molecule has 9 rings (SSSR count). The minimum absolute atomic E-state index is 0.0647. The Hall–Kier alpha value is -7.26. The molecule has 0 radical (unpaired) electrons. The molecule has 0 saturated carbocycles. The van der Waals surface area contributed by atoms with Crippen molar-refractivity contribution in [3.05, 3.63) is 148 Å². The summed E-state index contributed by atoms with van der Waals surface area (Å²) in [5, 5.41) is 0. The molecule has 0 atom stereocenters. The number of ketones is 2. The Kier molecular flexibility index (Phi) is 8.54. The number of benzene rings is 3. The van der Waals surface area contributed by atoms with E-state index in [-0.39, 0.29) is 34.0 Å². The lowest BCUT2D eigenvalue weighted by molar-refractivity contribution is 0.0817. The van der Waals surface area contributed by atoms with Crippen LogP contribution in [-0.4, -0.2) is 51.8 Å². The molecule has 8 bridgehead atoms. The van der Waals surface area contributed by atoms with E-state index in [0.717, 1.165) is 50.2 Å². The van der Waals surface area contributed by atoms with Gasteiger partial charge in [-0.3, -0.25) is 9.59 Å². The lowest BCUT2D eigenvalue weighted by atomic mass is 9.83. The molecule has 0 amide bonds. The molecule has 3 aromatic heterocycles. The van der Waals surface area contributed by atoms with Crippen molar-refractivity contribution in [1.29, 1.82) is 0 Å². The number of aromatic nitrogens is 4. The normalized spacial score (nSPS) is 13.4. The Balaban J connectivity index is 1.47. The van der Waals surface area contributed by atoms with Gasteiger partial charge in [0.25, 0.3) is 0 Å². The molecule has 9 heteroatoms. The lowest BCUT2D eigenvalue weighted by Gasteiger charge is -2.25. The number of rotatable bonds is 7. The first-order chi connectivity index (χ1) is 27.3. The predicted octanol–water partition coefficient (Wildman–Crippen LogP) is 10.2. The topological polar surface area (TPSA) is 119 Å². The molecule has 0 unspecified atom stereocenters. The van der Waals surface area contributed by atoms with Gasteiger partial charge in [0.1, 0.15) is 11.5 Å². The van der Waals surface area contributed by atoms with E-state index in [0.29, 0.717) is 22.5 Å². The molecule has 0 fully saturated rings. The van der Waals surface area contributed by atoms with Crippen molar-refractivity contribution in [2.75, 3.05) is 14.2 Å². The van der Waals surface area contributed by atoms with Gasteiger partial charge in [0.15, 0.2) is 5.76 Å². The molecule has 6 aromatic rings. The molecule has 274 valence electrons. The minimum Gasteiger partial charge on any atom is -0.496 e. The number of fused-ring (bicyclic) bond motifs is 9. The van der Waals surface area contributed by atoms with Crippen molar-refractivity contribution in [1.82, 2.24) is 19.9 Å². The van der Waals surface area contributed by atoms with Crippen LogP contribution in [0.5, 0.6) is 11.5 Å². The molecule has 3 aliphatic rings. The molecule has 2 N–H and O–H groups in total. The molecule has 0 spiro atoms. The maximum Gasteiger partial charge on any atom is 0.232 e. The van der Waals surface area contributed by atoms with E-state index in [9.17, 15) is 4.79 Å². The Morgan fingerprint density at radius 1 is 0.536 bits per heavy atom. The van der Waals surface area contributed by atoms with Crippen molar-refractivity contribution < 1.29 is 23.8 Å². The molecule has 56 heavy (non-hydrogen) atoms. The SMILES string of the molecule is COc1ccc(OC)c2c1C(=O)C(OC(C)C)=C(c1c3nc(c(-c4ccccc4)c4ccc(cc5nc(c(-c6ccccc6)c6ccc1[nH]6)C=C5)[nH]4)C=C3)C2=O. The van der Waals surface area contributed by atoms with Crippen molar-refractivity contribution in [3.8, 4) is 33.8 Å². The van der Waals surface area contributed by atoms with Gasteiger partial charge in [-0.05, 0) is 91.7 Å². The number of Topliss-reactive ketones (excluding diaryl/α,β-unsaturated/α-hetero) is 2. The maximum atomic E-state index is 15.2. The van der Waals surface area contributed by atoms with Crippen LogP contribution in [0.15, 0.2) is 109 Å².